The van der Waals surface area contributed by atoms with Crippen LogP contribution < -0.4 is 5.32 Å². The van der Waals surface area contributed by atoms with Crippen LogP contribution in [0.1, 0.15) is 26.6 Å². The second-order valence-electron chi connectivity index (χ2n) is 5.75. The summed E-state index contributed by atoms with van der Waals surface area (Å²) < 4.78 is 41.2. The third-order valence-electron chi connectivity index (χ3n) is 3.09. The van der Waals surface area contributed by atoms with Gasteiger partial charge in [-0.1, -0.05) is 6.92 Å². The molecule has 2 N–H and O–H groups in total. The average molecular weight is 369 g/mol. The summed E-state index contributed by atoms with van der Waals surface area (Å²) in [5, 5.41) is 11.6. The summed E-state index contributed by atoms with van der Waals surface area (Å²) in [6.45, 7) is 6.05. The Morgan fingerprint density at radius 1 is 1.32 bits per heavy atom. The SMILES string of the molecule is CCc1nnc2c(NC(C)C)nc3cc(F)ccc3n12.CS(=O)(=O)O. The van der Waals surface area contributed by atoms with Crippen LogP contribution in [0.3, 0.4) is 0 Å². The maximum Gasteiger partial charge on any atom is 0.261 e. The molecule has 10 heteroatoms. The third-order valence-corrected chi connectivity index (χ3v) is 3.09. The molecule has 0 bridgehead atoms. The number of halogens is 1. The third kappa shape index (κ3) is 4.83. The molecule has 0 atom stereocenters. The highest BCUT2D eigenvalue weighted by Gasteiger charge is 2.15. The van der Waals surface area contributed by atoms with Crippen LogP contribution in [0, 0.1) is 5.82 Å². The van der Waals surface area contributed by atoms with Crippen molar-refractivity contribution in [3.8, 4) is 0 Å². The van der Waals surface area contributed by atoms with Gasteiger partial charge in [0.15, 0.2) is 5.82 Å². The normalized spacial score (nSPS) is 11.6. The van der Waals surface area contributed by atoms with Crippen LogP contribution in [0.5, 0.6) is 0 Å². The van der Waals surface area contributed by atoms with E-state index in [1.165, 1.54) is 12.1 Å². The van der Waals surface area contributed by atoms with Crippen molar-refractivity contribution in [2.45, 2.75) is 33.2 Å². The Labute approximate surface area is 144 Å². The summed E-state index contributed by atoms with van der Waals surface area (Å²) in [6, 6.07) is 4.78. The minimum Gasteiger partial charge on any atom is -0.365 e. The van der Waals surface area contributed by atoms with Crippen molar-refractivity contribution < 1.29 is 17.4 Å². The molecule has 0 radical (unpaired) electrons. The van der Waals surface area contributed by atoms with E-state index < -0.39 is 10.1 Å². The van der Waals surface area contributed by atoms with E-state index in [2.05, 4.69) is 20.5 Å². The van der Waals surface area contributed by atoms with Crippen molar-refractivity contribution in [3.63, 3.8) is 0 Å². The van der Waals surface area contributed by atoms with Gasteiger partial charge in [-0.05, 0) is 26.0 Å². The van der Waals surface area contributed by atoms with E-state index in [9.17, 15) is 12.8 Å². The van der Waals surface area contributed by atoms with Crippen molar-refractivity contribution in [1.29, 1.82) is 0 Å². The molecule has 0 aliphatic heterocycles. The van der Waals surface area contributed by atoms with Gasteiger partial charge in [-0.25, -0.2) is 9.37 Å². The smallest absolute Gasteiger partial charge is 0.261 e. The highest BCUT2D eigenvalue weighted by Crippen LogP contribution is 2.23. The number of rotatable bonds is 3. The summed E-state index contributed by atoms with van der Waals surface area (Å²) >= 11 is 0. The zero-order chi connectivity index (χ0) is 18.8. The molecule has 3 rings (SSSR count). The standard InChI is InChI=1S/C14H16FN5.CH4O3S/c1-4-12-18-19-14-13(16-8(2)3)17-10-7-9(15)5-6-11(10)20(12)14;1-5(2,3)4/h5-8H,4H2,1-3H3,(H,16,17);1H3,(H,2,3,4). The summed E-state index contributed by atoms with van der Waals surface area (Å²) in [7, 11) is -3.67. The van der Waals surface area contributed by atoms with E-state index in [-0.39, 0.29) is 11.9 Å². The van der Waals surface area contributed by atoms with E-state index in [0.717, 1.165) is 17.8 Å². The average Bonchev–Trinajstić information content (AvgIpc) is 2.89. The van der Waals surface area contributed by atoms with Crippen molar-refractivity contribution in [2.24, 2.45) is 0 Å². The van der Waals surface area contributed by atoms with Crippen molar-refractivity contribution >= 4 is 32.6 Å². The number of hydrogen-bond acceptors (Lipinski definition) is 6. The Hall–Kier alpha value is -2.33. The van der Waals surface area contributed by atoms with Crippen LogP contribution in [0.15, 0.2) is 18.2 Å². The quantitative estimate of drug-likeness (QED) is 0.682. The molecule has 0 fully saturated rings. The molecule has 8 nitrogen and oxygen atoms in total. The molecule has 0 spiro atoms. The monoisotopic (exact) mass is 369 g/mol. The molecule has 0 saturated carbocycles. The molecule has 3 aromatic rings. The summed E-state index contributed by atoms with van der Waals surface area (Å²) in [6.07, 6.45) is 1.46. The van der Waals surface area contributed by atoms with Crippen LogP contribution in [0.25, 0.3) is 16.7 Å². The van der Waals surface area contributed by atoms with Gasteiger partial charge in [0.25, 0.3) is 10.1 Å². The predicted molar refractivity (Wildman–Crippen MR) is 93.9 cm³/mol. The molecule has 1 aromatic carbocycles. The second-order valence-corrected chi connectivity index (χ2v) is 7.22. The minimum absolute atomic E-state index is 0.207. The predicted octanol–water partition coefficient (Wildman–Crippen LogP) is 2.30. The lowest BCUT2D eigenvalue weighted by Crippen LogP contribution is -2.13. The van der Waals surface area contributed by atoms with E-state index in [0.29, 0.717) is 23.2 Å². The van der Waals surface area contributed by atoms with Gasteiger partial charge in [0.1, 0.15) is 11.6 Å². The first kappa shape index (κ1) is 19.0. The molecule has 0 aliphatic carbocycles. The van der Waals surface area contributed by atoms with Crippen LogP contribution in [0.4, 0.5) is 10.2 Å². The van der Waals surface area contributed by atoms with Crippen LogP contribution in [0.2, 0.25) is 0 Å². The number of fused-ring (bicyclic) bond motifs is 3. The Morgan fingerprint density at radius 3 is 2.52 bits per heavy atom. The first-order chi connectivity index (χ1) is 11.6. The van der Waals surface area contributed by atoms with Crippen molar-refractivity contribution in [2.75, 3.05) is 11.6 Å². The van der Waals surface area contributed by atoms with Crippen LogP contribution in [-0.4, -0.2) is 44.9 Å². The number of nitrogens with one attached hydrogen (secondary N) is 1. The fraction of sp³-hybridized carbons (Fsp3) is 0.400. The molecule has 0 amide bonds. The van der Waals surface area contributed by atoms with E-state index in [1.807, 2.05) is 25.2 Å². The van der Waals surface area contributed by atoms with Gasteiger partial charge in [0.2, 0.25) is 5.65 Å². The molecular formula is C15H20FN5O3S. The summed E-state index contributed by atoms with van der Waals surface area (Å²) in [5.41, 5.74) is 2.09. The zero-order valence-corrected chi connectivity index (χ0v) is 15.2. The van der Waals surface area contributed by atoms with Crippen LogP contribution >= 0.6 is 0 Å². The molecule has 0 aliphatic rings. The number of anilines is 1. The number of benzene rings is 1. The summed E-state index contributed by atoms with van der Waals surface area (Å²) in [5.74, 6) is 1.17. The van der Waals surface area contributed by atoms with E-state index >= 15 is 0 Å². The molecule has 25 heavy (non-hydrogen) atoms. The number of aryl methyl sites for hydroxylation is 1. The fourth-order valence-corrected chi connectivity index (χ4v) is 2.27. The van der Waals surface area contributed by atoms with Crippen molar-refractivity contribution in [1.82, 2.24) is 19.6 Å². The Bertz CT molecular complexity index is 993. The van der Waals surface area contributed by atoms with Gasteiger partial charge in [-0.3, -0.25) is 8.95 Å². The number of aromatic nitrogens is 4. The Morgan fingerprint density at radius 2 is 1.96 bits per heavy atom. The maximum absolute atomic E-state index is 13.4. The first-order valence-corrected chi connectivity index (χ1v) is 9.47. The molecule has 0 saturated heterocycles. The van der Waals surface area contributed by atoms with Crippen molar-refractivity contribution in [3.05, 3.63) is 29.8 Å². The first-order valence-electron chi connectivity index (χ1n) is 7.62. The maximum atomic E-state index is 13.4. The molecular weight excluding hydrogens is 349 g/mol. The molecule has 136 valence electrons. The van der Waals surface area contributed by atoms with Crippen LogP contribution in [-0.2, 0) is 16.5 Å². The Kier molecular flexibility index (Phi) is 5.53. The lowest BCUT2D eigenvalue weighted by Gasteiger charge is -2.12. The van der Waals surface area contributed by atoms with E-state index in [1.54, 1.807) is 6.07 Å². The lowest BCUT2D eigenvalue weighted by molar-refractivity contribution is 0.490. The topological polar surface area (TPSA) is 109 Å². The van der Waals surface area contributed by atoms with Gasteiger partial charge in [0.05, 0.1) is 17.3 Å². The van der Waals surface area contributed by atoms with Gasteiger partial charge >= 0.3 is 0 Å². The molecule has 2 aromatic heterocycles. The second kappa shape index (κ2) is 7.28. The zero-order valence-electron chi connectivity index (χ0n) is 14.4. The highest BCUT2D eigenvalue weighted by molar-refractivity contribution is 7.85. The van der Waals surface area contributed by atoms with Gasteiger partial charge in [0, 0.05) is 18.5 Å². The van der Waals surface area contributed by atoms with Gasteiger partial charge in [-0.15, -0.1) is 10.2 Å². The van der Waals surface area contributed by atoms with E-state index in [4.69, 9.17) is 4.55 Å². The van der Waals surface area contributed by atoms with Gasteiger partial charge in [-0.2, -0.15) is 8.42 Å². The lowest BCUT2D eigenvalue weighted by atomic mass is 10.2. The fourth-order valence-electron chi connectivity index (χ4n) is 2.27. The Balaban J connectivity index is 0.000000399. The number of nitrogens with zero attached hydrogens (tertiary/aromatic N) is 4. The highest BCUT2D eigenvalue weighted by atomic mass is 32.2. The minimum atomic E-state index is -3.67. The summed E-state index contributed by atoms with van der Waals surface area (Å²) in [4.78, 5) is 4.48. The van der Waals surface area contributed by atoms with Gasteiger partial charge < -0.3 is 5.32 Å². The molecule has 0 unspecified atom stereocenters. The largest absolute Gasteiger partial charge is 0.365 e. The molecule has 2 heterocycles. The number of hydrogen-bond donors (Lipinski definition) is 2.